The highest BCUT2D eigenvalue weighted by Gasteiger charge is 2.11. The molecule has 0 amide bonds. The van der Waals surface area contributed by atoms with Gasteiger partial charge in [-0.2, -0.15) is 0 Å². The molecule has 0 fully saturated rings. The van der Waals surface area contributed by atoms with E-state index in [0.717, 1.165) is 0 Å². The average Bonchev–Trinajstić information content (AvgIpc) is 2.70. The van der Waals surface area contributed by atoms with Crippen molar-refractivity contribution in [3.8, 4) is 5.69 Å². The minimum absolute atomic E-state index is 0.253. The number of aromatic nitrogens is 3. The quantitative estimate of drug-likeness (QED) is 0.775. The lowest BCUT2D eigenvalue weighted by Gasteiger charge is -2.02. The van der Waals surface area contributed by atoms with E-state index < -0.39 is 5.82 Å². The Labute approximate surface area is 102 Å². The van der Waals surface area contributed by atoms with Crippen molar-refractivity contribution in [2.45, 2.75) is 12.3 Å². The van der Waals surface area contributed by atoms with Crippen molar-refractivity contribution in [2.75, 3.05) is 0 Å². The lowest BCUT2D eigenvalue weighted by Crippen LogP contribution is -1.98. The van der Waals surface area contributed by atoms with Gasteiger partial charge in [-0.3, -0.25) is 0 Å². The van der Waals surface area contributed by atoms with Crippen LogP contribution in [-0.2, 0) is 0 Å². The van der Waals surface area contributed by atoms with Gasteiger partial charge in [-0.25, -0.2) is 9.07 Å². The second-order valence-corrected chi connectivity index (χ2v) is 4.39. The Morgan fingerprint density at radius 2 is 2.19 bits per heavy atom. The maximum absolute atomic E-state index is 13.5. The molecular weight excluding hydrogens is 252 g/mol. The minimum atomic E-state index is -0.414. The van der Waals surface area contributed by atoms with Crippen molar-refractivity contribution in [2.24, 2.45) is 0 Å². The first-order valence-electron chi connectivity index (χ1n) is 4.59. The maximum atomic E-state index is 13.5. The minimum Gasteiger partial charge on any atom is -0.217 e. The van der Waals surface area contributed by atoms with E-state index in [2.05, 4.69) is 10.3 Å². The SMILES string of the molecule is CC(Cl)c1cn(-c2cc(Cl)ccc2F)nn1. The monoisotopic (exact) mass is 259 g/mol. The van der Waals surface area contributed by atoms with Gasteiger partial charge < -0.3 is 0 Å². The lowest BCUT2D eigenvalue weighted by molar-refractivity contribution is 0.607. The van der Waals surface area contributed by atoms with E-state index in [1.807, 2.05) is 0 Å². The van der Waals surface area contributed by atoms with E-state index >= 15 is 0 Å². The number of hydrogen-bond donors (Lipinski definition) is 0. The number of hydrogen-bond acceptors (Lipinski definition) is 2. The predicted molar refractivity (Wildman–Crippen MR) is 60.6 cm³/mol. The molecule has 0 saturated carbocycles. The van der Waals surface area contributed by atoms with Crippen LogP contribution in [0.2, 0.25) is 5.02 Å². The van der Waals surface area contributed by atoms with E-state index in [0.29, 0.717) is 10.7 Å². The molecule has 0 aliphatic rings. The fourth-order valence-electron chi connectivity index (χ4n) is 1.24. The molecule has 0 aliphatic carbocycles. The highest BCUT2D eigenvalue weighted by molar-refractivity contribution is 6.30. The molecule has 3 nitrogen and oxygen atoms in total. The zero-order valence-electron chi connectivity index (χ0n) is 8.36. The molecule has 1 aromatic heterocycles. The summed E-state index contributed by atoms with van der Waals surface area (Å²) in [4.78, 5) is 0. The summed E-state index contributed by atoms with van der Waals surface area (Å²) in [6.45, 7) is 1.77. The Morgan fingerprint density at radius 1 is 1.44 bits per heavy atom. The fraction of sp³-hybridized carbons (Fsp3) is 0.200. The molecule has 0 spiro atoms. The Morgan fingerprint density at radius 3 is 2.81 bits per heavy atom. The molecule has 1 unspecified atom stereocenters. The van der Waals surface area contributed by atoms with Gasteiger partial charge in [-0.15, -0.1) is 16.7 Å². The van der Waals surface area contributed by atoms with Gasteiger partial charge in [0.2, 0.25) is 0 Å². The van der Waals surface area contributed by atoms with Crippen LogP contribution in [-0.4, -0.2) is 15.0 Å². The van der Waals surface area contributed by atoms with Gasteiger partial charge in [0.25, 0.3) is 0 Å². The van der Waals surface area contributed by atoms with Crippen molar-refractivity contribution in [3.63, 3.8) is 0 Å². The first kappa shape index (κ1) is 11.4. The summed E-state index contributed by atoms with van der Waals surface area (Å²) in [5.74, 6) is -0.414. The van der Waals surface area contributed by atoms with Crippen molar-refractivity contribution in [1.82, 2.24) is 15.0 Å². The second kappa shape index (κ2) is 4.39. The van der Waals surface area contributed by atoms with Crippen LogP contribution in [0.15, 0.2) is 24.4 Å². The zero-order chi connectivity index (χ0) is 11.7. The Balaban J connectivity index is 2.46. The third-order valence-electron chi connectivity index (χ3n) is 2.07. The summed E-state index contributed by atoms with van der Waals surface area (Å²) in [5.41, 5.74) is 0.838. The topological polar surface area (TPSA) is 30.7 Å². The summed E-state index contributed by atoms with van der Waals surface area (Å²) in [6, 6.07) is 4.24. The molecule has 1 atom stereocenters. The molecule has 0 bridgehead atoms. The Kier molecular flexibility index (Phi) is 3.12. The lowest BCUT2D eigenvalue weighted by atomic mass is 10.3. The molecule has 16 heavy (non-hydrogen) atoms. The van der Waals surface area contributed by atoms with Gasteiger partial charge in [-0.1, -0.05) is 16.8 Å². The molecule has 1 aromatic carbocycles. The van der Waals surface area contributed by atoms with Crippen LogP contribution in [0.5, 0.6) is 0 Å². The van der Waals surface area contributed by atoms with Crippen LogP contribution < -0.4 is 0 Å². The van der Waals surface area contributed by atoms with Crippen LogP contribution in [0.4, 0.5) is 4.39 Å². The number of nitrogens with zero attached hydrogens (tertiary/aromatic N) is 3. The molecule has 0 aliphatic heterocycles. The van der Waals surface area contributed by atoms with E-state index in [-0.39, 0.29) is 11.1 Å². The van der Waals surface area contributed by atoms with Crippen molar-refractivity contribution in [3.05, 3.63) is 40.9 Å². The molecule has 0 saturated heterocycles. The molecule has 84 valence electrons. The van der Waals surface area contributed by atoms with Crippen molar-refractivity contribution >= 4 is 23.2 Å². The predicted octanol–water partition coefficient (Wildman–Crippen LogP) is 3.36. The third-order valence-corrected chi connectivity index (χ3v) is 2.53. The average molecular weight is 260 g/mol. The van der Waals surface area contributed by atoms with Gasteiger partial charge in [0.15, 0.2) is 0 Å². The molecule has 0 N–H and O–H groups in total. The highest BCUT2D eigenvalue weighted by Crippen LogP contribution is 2.21. The van der Waals surface area contributed by atoms with Crippen molar-refractivity contribution < 1.29 is 4.39 Å². The van der Waals surface area contributed by atoms with Gasteiger partial charge >= 0.3 is 0 Å². The number of benzene rings is 1. The van der Waals surface area contributed by atoms with E-state index in [4.69, 9.17) is 23.2 Å². The van der Waals surface area contributed by atoms with Gasteiger partial charge in [0.1, 0.15) is 17.2 Å². The number of rotatable bonds is 2. The zero-order valence-corrected chi connectivity index (χ0v) is 9.87. The smallest absolute Gasteiger partial charge is 0.149 e. The molecular formula is C10H8Cl2FN3. The molecule has 1 heterocycles. The Bertz CT molecular complexity index is 511. The molecule has 6 heteroatoms. The summed E-state index contributed by atoms with van der Waals surface area (Å²) >= 11 is 11.6. The summed E-state index contributed by atoms with van der Waals surface area (Å²) in [7, 11) is 0. The molecule has 0 radical (unpaired) electrons. The first-order valence-corrected chi connectivity index (χ1v) is 5.41. The number of halogens is 3. The third kappa shape index (κ3) is 2.18. The number of alkyl halides is 1. The van der Waals surface area contributed by atoms with Crippen LogP contribution in [0.1, 0.15) is 18.0 Å². The Hall–Kier alpha value is -1.13. The van der Waals surface area contributed by atoms with Gasteiger partial charge in [0.05, 0.1) is 11.6 Å². The summed E-state index contributed by atoms with van der Waals surface area (Å²) in [5, 5.41) is 7.80. The second-order valence-electron chi connectivity index (χ2n) is 3.30. The molecule has 2 rings (SSSR count). The largest absolute Gasteiger partial charge is 0.217 e. The van der Waals surface area contributed by atoms with Crippen LogP contribution in [0.25, 0.3) is 5.69 Å². The van der Waals surface area contributed by atoms with E-state index in [9.17, 15) is 4.39 Å². The van der Waals surface area contributed by atoms with Crippen LogP contribution in [0.3, 0.4) is 0 Å². The van der Waals surface area contributed by atoms with E-state index in [1.54, 1.807) is 13.1 Å². The highest BCUT2D eigenvalue weighted by atomic mass is 35.5. The maximum Gasteiger partial charge on any atom is 0.149 e. The fourth-order valence-corrected chi connectivity index (χ4v) is 1.50. The first-order chi connectivity index (χ1) is 7.58. The van der Waals surface area contributed by atoms with Crippen LogP contribution in [0, 0.1) is 5.82 Å². The van der Waals surface area contributed by atoms with Crippen LogP contribution >= 0.6 is 23.2 Å². The van der Waals surface area contributed by atoms with Crippen molar-refractivity contribution in [1.29, 1.82) is 0 Å². The summed E-state index contributed by atoms with van der Waals surface area (Å²) < 4.78 is 14.8. The van der Waals surface area contributed by atoms with Gasteiger partial charge in [-0.05, 0) is 25.1 Å². The molecule has 2 aromatic rings. The van der Waals surface area contributed by atoms with Gasteiger partial charge in [0, 0.05) is 5.02 Å². The standard InChI is InChI=1S/C10H8Cl2FN3/c1-6(11)9-5-16(15-14-9)10-4-7(12)2-3-8(10)13/h2-6H,1H3. The van der Waals surface area contributed by atoms with E-state index in [1.165, 1.54) is 22.9 Å². The summed E-state index contributed by atoms with van der Waals surface area (Å²) in [6.07, 6.45) is 1.58. The normalized spacial score (nSPS) is 12.8.